The number of carbonyl (C=O) groups excluding carboxylic acids is 3. The summed E-state index contributed by atoms with van der Waals surface area (Å²) in [5.41, 5.74) is 2.37. The summed E-state index contributed by atoms with van der Waals surface area (Å²) in [6, 6.07) is 14.4. The molecule has 0 aromatic heterocycles. The quantitative estimate of drug-likeness (QED) is 0.404. The first-order chi connectivity index (χ1) is 18.2. The van der Waals surface area contributed by atoms with Crippen LogP contribution in [0.15, 0.2) is 48.5 Å². The van der Waals surface area contributed by atoms with E-state index in [1.807, 2.05) is 49.4 Å². The number of para-hydroxylation sites is 1. The first-order valence-corrected chi connectivity index (χ1v) is 14.4. The van der Waals surface area contributed by atoms with Gasteiger partial charge in [0.25, 0.3) is 0 Å². The lowest BCUT2D eigenvalue weighted by atomic mass is 9.66. The third-order valence-electron chi connectivity index (χ3n) is 8.39. The van der Waals surface area contributed by atoms with Gasteiger partial charge in [-0.25, -0.2) is 0 Å². The van der Waals surface area contributed by atoms with Crippen molar-refractivity contribution in [2.75, 3.05) is 18.5 Å². The Morgan fingerprint density at radius 1 is 1.11 bits per heavy atom. The van der Waals surface area contributed by atoms with Gasteiger partial charge >= 0.3 is 0 Å². The molecule has 2 aromatic rings. The molecule has 2 aromatic carbocycles. The highest BCUT2D eigenvalue weighted by atomic mass is 35.5. The van der Waals surface area contributed by atoms with Crippen LogP contribution in [-0.2, 0) is 20.9 Å². The lowest BCUT2D eigenvalue weighted by Crippen LogP contribution is -2.52. The molecule has 2 bridgehead atoms. The zero-order valence-electron chi connectivity index (χ0n) is 21.7. The maximum Gasteiger partial charge on any atom is 0.248 e. The summed E-state index contributed by atoms with van der Waals surface area (Å²) in [6.07, 6.45) is 2.55. The van der Waals surface area contributed by atoms with Gasteiger partial charge in [0.2, 0.25) is 17.7 Å². The topological polar surface area (TPSA) is 98.7 Å². The molecular weight excluding hydrogens is 522 g/mol. The van der Waals surface area contributed by atoms with Crippen LogP contribution in [-0.4, -0.2) is 56.4 Å². The third-order valence-corrected chi connectivity index (χ3v) is 10.7. The molecule has 3 aliphatic heterocycles. The third kappa shape index (κ3) is 4.50. The van der Waals surface area contributed by atoms with E-state index in [4.69, 9.17) is 11.6 Å². The van der Waals surface area contributed by atoms with Gasteiger partial charge in [0.1, 0.15) is 6.04 Å². The molecule has 3 N–H and O–H groups in total. The van der Waals surface area contributed by atoms with Crippen molar-refractivity contribution in [3.63, 3.8) is 0 Å². The van der Waals surface area contributed by atoms with E-state index in [-0.39, 0.29) is 24.3 Å². The zero-order chi connectivity index (χ0) is 27.1. The SMILES string of the molecule is Cc1cccc(Cl)c1NC(=O)C1N(CCCCO)C(=O)[C@@H]2[C@@H](C(=O)NCc3ccccc3)[C@@]3(C)CCC12S3. The molecule has 1 spiro atoms. The van der Waals surface area contributed by atoms with E-state index in [0.717, 1.165) is 17.5 Å². The summed E-state index contributed by atoms with van der Waals surface area (Å²) in [5, 5.41) is 15.9. The molecule has 5 atom stereocenters. The van der Waals surface area contributed by atoms with Crippen molar-refractivity contribution in [1.82, 2.24) is 10.2 Å². The van der Waals surface area contributed by atoms with Crippen LogP contribution >= 0.6 is 23.4 Å². The Balaban J connectivity index is 1.46. The van der Waals surface area contributed by atoms with Crippen LogP contribution in [0.25, 0.3) is 0 Å². The van der Waals surface area contributed by atoms with E-state index in [0.29, 0.717) is 43.1 Å². The summed E-state index contributed by atoms with van der Waals surface area (Å²) in [5.74, 6) is -1.67. The molecule has 3 saturated heterocycles. The van der Waals surface area contributed by atoms with Crippen LogP contribution < -0.4 is 10.6 Å². The zero-order valence-corrected chi connectivity index (χ0v) is 23.3. The molecule has 38 heavy (non-hydrogen) atoms. The van der Waals surface area contributed by atoms with Gasteiger partial charge in [-0.15, -0.1) is 11.8 Å². The number of likely N-dealkylation sites (tertiary alicyclic amines) is 1. The summed E-state index contributed by atoms with van der Waals surface area (Å²) < 4.78 is -1.13. The highest BCUT2D eigenvalue weighted by Gasteiger charge is 2.77. The number of aliphatic hydroxyl groups is 1. The second-order valence-corrected chi connectivity index (χ2v) is 13.1. The van der Waals surface area contributed by atoms with Crippen molar-refractivity contribution in [3.8, 4) is 0 Å². The number of benzene rings is 2. The second-order valence-electron chi connectivity index (χ2n) is 10.8. The van der Waals surface area contributed by atoms with Gasteiger partial charge in [0.05, 0.1) is 27.3 Å². The fourth-order valence-corrected chi connectivity index (χ4v) is 9.26. The first-order valence-electron chi connectivity index (χ1n) is 13.2. The first kappa shape index (κ1) is 27.0. The number of nitrogens with one attached hydrogen (secondary N) is 2. The van der Waals surface area contributed by atoms with Crippen molar-refractivity contribution in [3.05, 3.63) is 64.7 Å². The van der Waals surface area contributed by atoms with Crippen molar-refractivity contribution < 1.29 is 19.5 Å². The molecule has 0 aliphatic carbocycles. The normalized spacial score (nSPS) is 29.4. The summed E-state index contributed by atoms with van der Waals surface area (Å²) >= 11 is 8.07. The van der Waals surface area contributed by atoms with Gasteiger partial charge in [-0.1, -0.05) is 54.1 Å². The molecule has 9 heteroatoms. The number of hydrogen-bond acceptors (Lipinski definition) is 5. The van der Waals surface area contributed by atoms with E-state index < -0.39 is 27.4 Å². The minimum absolute atomic E-state index is 0.0175. The van der Waals surface area contributed by atoms with Gasteiger partial charge in [-0.3, -0.25) is 14.4 Å². The molecule has 3 amide bonds. The van der Waals surface area contributed by atoms with Crippen molar-refractivity contribution in [1.29, 1.82) is 0 Å². The van der Waals surface area contributed by atoms with Crippen molar-refractivity contribution in [2.45, 2.75) is 61.6 Å². The number of amides is 3. The van der Waals surface area contributed by atoms with Crippen LogP contribution in [0.1, 0.15) is 43.7 Å². The number of halogens is 1. The van der Waals surface area contributed by atoms with E-state index in [2.05, 4.69) is 17.6 Å². The fraction of sp³-hybridized carbons (Fsp3) is 0.483. The van der Waals surface area contributed by atoms with E-state index in [1.54, 1.807) is 22.7 Å². The number of carbonyl (C=O) groups is 3. The number of unbranched alkanes of at least 4 members (excludes halogenated alkanes) is 1. The molecule has 7 nitrogen and oxygen atoms in total. The highest BCUT2D eigenvalue weighted by Crippen LogP contribution is 2.71. The highest BCUT2D eigenvalue weighted by molar-refractivity contribution is 8.02. The van der Waals surface area contributed by atoms with E-state index in [9.17, 15) is 19.5 Å². The Hall–Kier alpha value is -2.55. The van der Waals surface area contributed by atoms with Crippen molar-refractivity contribution in [2.24, 2.45) is 11.8 Å². The summed E-state index contributed by atoms with van der Waals surface area (Å²) in [7, 11) is 0. The maximum absolute atomic E-state index is 14.1. The molecule has 5 rings (SSSR count). The smallest absolute Gasteiger partial charge is 0.248 e. The summed E-state index contributed by atoms with van der Waals surface area (Å²) in [4.78, 5) is 43.4. The van der Waals surface area contributed by atoms with Gasteiger partial charge in [-0.2, -0.15) is 0 Å². The van der Waals surface area contributed by atoms with Gasteiger partial charge in [0, 0.05) is 24.4 Å². The second kappa shape index (κ2) is 10.5. The van der Waals surface area contributed by atoms with Gasteiger partial charge in [-0.05, 0) is 56.7 Å². The maximum atomic E-state index is 14.1. The Bertz CT molecular complexity index is 1220. The van der Waals surface area contributed by atoms with Crippen LogP contribution in [0.4, 0.5) is 5.69 Å². The Morgan fingerprint density at radius 2 is 1.87 bits per heavy atom. The average molecular weight is 556 g/mol. The molecule has 3 fully saturated rings. The number of hydrogen-bond donors (Lipinski definition) is 3. The average Bonchev–Trinajstić information content (AvgIpc) is 3.46. The number of rotatable bonds is 9. The van der Waals surface area contributed by atoms with Crippen LogP contribution in [0.2, 0.25) is 5.02 Å². The van der Waals surface area contributed by atoms with Crippen LogP contribution in [0.5, 0.6) is 0 Å². The lowest BCUT2D eigenvalue weighted by molar-refractivity contribution is -0.140. The molecule has 202 valence electrons. The molecule has 0 saturated carbocycles. The molecule has 3 heterocycles. The largest absolute Gasteiger partial charge is 0.396 e. The molecular formula is C29H34ClN3O4S. The van der Waals surface area contributed by atoms with Gasteiger partial charge in [0.15, 0.2) is 0 Å². The Kier molecular flexibility index (Phi) is 7.50. The fourth-order valence-electron chi connectivity index (χ4n) is 6.64. The minimum atomic E-state index is -0.729. The van der Waals surface area contributed by atoms with Crippen molar-refractivity contribution >= 4 is 46.8 Å². The van der Waals surface area contributed by atoms with Crippen LogP contribution in [0.3, 0.4) is 0 Å². The lowest BCUT2D eigenvalue weighted by Gasteiger charge is -2.35. The number of aryl methyl sites for hydroxylation is 1. The molecule has 3 aliphatic rings. The Labute approximate surface area is 232 Å². The monoisotopic (exact) mass is 555 g/mol. The van der Waals surface area contributed by atoms with Gasteiger partial charge < -0.3 is 20.6 Å². The number of thioether (sulfide) groups is 1. The molecule has 2 unspecified atom stereocenters. The Morgan fingerprint density at radius 3 is 2.58 bits per heavy atom. The summed E-state index contributed by atoms with van der Waals surface area (Å²) in [6.45, 7) is 4.71. The number of nitrogens with zero attached hydrogens (tertiary/aromatic N) is 1. The van der Waals surface area contributed by atoms with E-state index >= 15 is 0 Å². The molecule has 0 radical (unpaired) electrons. The minimum Gasteiger partial charge on any atom is -0.396 e. The number of anilines is 1. The number of aliphatic hydroxyl groups excluding tert-OH is 1. The van der Waals surface area contributed by atoms with Crippen LogP contribution in [0, 0.1) is 18.8 Å². The predicted molar refractivity (Wildman–Crippen MR) is 150 cm³/mol. The van der Waals surface area contributed by atoms with E-state index in [1.165, 1.54) is 0 Å². The standard InChI is InChI=1S/C29H34ClN3O4S/c1-18-9-8-12-20(30)23(18)32-26(36)24-29-14-13-28(2,38-29)21(22(29)27(37)33(24)15-6-7-16-34)25(35)31-17-19-10-4-3-5-11-19/h3-5,8-12,21-22,24,34H,6-7,13-17H2,1-2H3,(H,31,35)(H,32,36)/t21-,22-,24?,28+,29?/m0/s1. The number of fused-ring (bicyclic) bond motifs is 1. The predicted octanol–water partition coefficient (Wildman–Crippen LogP) is 4.16.